The quantitative estimate of drug-likeness (QED) is 0.713. The lowest BCUT2D eigenvalue weighted by atomic mass is 10.2. The van der Waals surface area contributed by atoms with Gasteiger partial charge in [0.1, 0.15) is 17.2 Å². The molecule has 18 heavy (non-hydrogen) atoms. The number of hydrogen-bond acceptors (Lipinski definition) is 4. The number of nitrogens with zero attached hydrogens (tertiary/aromatic N) is 2. The lowest BCUT2D eigenvalue weighted by Crippen LogP contribution is -1.94. The molecule has 0 fully saturated rings. The number of benzene rings is 1. The van der Waals surface area contributed by atoms with Crippen LogP contribution in [0.3, 0.4) is 0 Å². The highest BCUT2D eigenvalue weighted by Gasteiger charge is 2.12. The maximum absolute atomic E-state index is 13.1. The van der Waals surface area contributed by atoms with Crippen molar-refractivity contribution in [1.29, 1.82) is 0 Å². The van der Waals surface area contributed by atoms with Crippen LogP contribution in [-0.2, 0) is 0 Å². The second kappa shape index (κ2) is 3.80. The molecule has 0 saturated carbocycles. The van der Waals surface area contributed by atoms with Crippen molar-refractivity contribution in [2.24, 2.45) is 0 Å². The standard InChI is InChI=1S/C13H10FN3O/c1-7-4-9(12(15)16-6-7)13-17-10-5-8(14)2-3-11(10)18-13/h2-6H,1H3,(H2,15,16). The van der Waals surface area contributed by atoms with Crippen LogP contribution < -0.4 is 5.73 Å². The van der Waals surface area contributed by atoms with E-state index in [0.29, 0.717) is 28.4 Å². The number of anilines is 1. The monoisotopic (exact) mass is 243 g/mol. The zero-order chi connectivity index (χ0) is 12.7. The van der Waals surface area contributed by atoms with Gasteiger partial charge in [-0.05, 0) is 30.7 Å². The maximum Gasteiger partial charge on any atom is 0.231 e. The fourth-order valence-electron chi connectivity index (χ4n) is 1.77. The Kier molecular flexibility index (Phi) is 2.26. The molecular weight excluding hydrogens is 233 g/mol. The van der Waals surface area contributed by atoms with Crippen molar-refractivity contribution >= 4 is 16.9 Å². The fourth-order valence-corrected chi connectivity index (χ4v) is 1.77. The van der Waals surface area contributed by atoms with Gasteiger partial charge < -0.3 is 10.2 Å². The van der Waals surface area contributed by atoms with Crippen LogP contribution in [0.5, 0.6) is 0 Å². The molecule has 0 bridgehead atoms. The molecule has 90 valence electrons. The van der Waals surface area contributed by atoms with E-state index in [-0.39, 0.29) is 5.82 Å². The topological polar surface area (TPSA) is 64.9 Å². The highest BCUT2D eigenvalue weighted by atomic mass is 19.1. The van der Waals surface area contributed by atoms with E-state index in [0.717, 1.165) is 5.56 Å². The Hall–Kier alpha value is -2.43. The number of oxazole rings is 1. The molecule has 4 nitrogen and oxygen atoms in total. The summed E-state index contributed by atoms with van der Waals surface area (Å²) in [4.78, 5) is 8.27. The predicted octanol–water partition coefficient (Wildman–Crippen LogP) is 2.92. The summed E-state index contributed by atoms with van der Waals surface area (Å²) in [6, 6.07) is 6.03. The molecule has 3 aromatic rings. The number of halogens is 1. The SMILES string of the molecule is Cc1cnc(N)c(-c2nc3cc(F)ccc3o2)c1. The summed E-state index contributed by atoms with van der Waals surface area (Å²) in [5.74, 6) is 0.342. The van der Waals surface area contributed by atoms with Crippen molar-refractivity contribution in [1.82, 2.24) is 9.97 Å². The molecule has 3 rings (SSSR count). The molecule has 0 spiro atoms. The number of aromatic nitrogens is 2. The van der Waals surface area contributed by atoms with Gasteiger partial charge in [-0.3, -0.25) is 0 Å². The van der Waals surface area contributed by atoms with Crippen LogP contribution in [0.1, 0.15) is 5.56 Å². The van der Waals surface area contributed by atoms with E-state index in [1.165, 1.54) is 12.1 Å². The molecule has 2 N–H and O–H groups in total. The minimum atomic E-state index is -0.349. The maximum atomic E-state index is 13.1. The van der Waals surface area contributed by atoms with E-state index in [1.54, 1.807) is 12.3 Å². The van der Waals surface area contributed by atoms with Gasteiger partial charge in [0.15, 0.2) is 5.58 Å². The third-order valence-corrected chi connectivity index (χ3v) is 2.64. The van der Waals surface area contributed by atoms with Gasteiger partial charge in [-0.15, -0.1) is 0 Å². The molecule has 1 aromatic carbocycles. The van der Waals surface area contributed by atoms with Gasteiger partial charge in [0.2, 0.25) is 5.89 Å². The highest BCUT2D eigenvalue weighted by molar-refractivity contribution is 5.78. The van der Waals surface area contributed by atoms with E-state index in [9.17, 15) is 4.39 Å². The van der Waals surface area contributed by atoms with Crippen LogP contribution in [0.15, 0.2) is 34.9 Å². The summed E-state index contributed by atoms with van der Waals surface area (Å²) in [5.41, 5.74) is 8.34. The largest absolute Gasteiger partial charge is 0.436 e. The zero-order valence-electron chi connectivity index (χ0n) is 9.64. The van der Waals surface area contributed by atoms with Gasteiger partial charge in [0.05, 0.1) is 5.56 Å². The number of rotatable bonds is 1. The molecule has 2 aromatic heterocycles. The smallest absolute Gasteiger partial charge is 0.231 e. The number of aryl methyl sites for hydroxylation is 1. The molecule has 0 aliphatic carbocycles. The molecule has 0 aliphatic rings. The number of pyridine rings is 1. The van der Waals surface area contributed by atoms with Crippen molar-refractivity contribution < 1.29 is 8.81 Å². The van der Waals surface area contributed by atoms with Crippen molar-refractivity contribution in [3.63, 3.8) is 0 Å². The molecular formula is C13H10FN3O. The Labute approximate surface area is 102 Å². The van der Waals surface area contributed by atoms with Crippen molar-refractivity contribution in [3.8, 4) is 11.5 Å². The van der Waals surface area contributed by atoms with Gasteiger partial charge in [-0.2, -0.15) is 0 Å². The first-order chi connectivity index (χ1) is 8.63. The number of hydrogen-bond donors (Lipinski definition) is 1. The average Bonchev–Trinajstić information content (AvgIpc) is 2.74. The molecule has 0 aliphatic heterocycles. The second-order valence-corrected chi connectivity index (χ2v) is 4.08. The summed E-state index contributed by atoms with van der Waals surface area (Å²) in [6.45, 7) is 1.90. The van der Waals surface area contributed by atoms with Crippen molar-refractivity contribution in [2.75, 3.05) is 5.73 Å². The lowest BCUT2D eigenvalue weighted by Gasteiger charge is -2.00. The number of nitrogen functional groups attached to an aromatic ring is 1. The van der Waals surface area contributed by atoms with Gasteiger partial charge >= 0.3 is 0 Å². The van der Waals surface area contributed by atoms with Crippen LogP contribution in [0.25, 0.3) is 22.6 Å². The van der Waals surface area contributed by atoms with Crippen LogP contribution in [0, 0.1) is 12.7 Å². The normalized spacial score (nSPS) is 11.0. The van der Waals surface area contributed by atoms with Gasteiger partial charge in [-0.1, -0.05) is 0 Å². The molecule has 2 heterocycles. The van der Waals surface area contributed by atoms with E-state index in [2.05, 4.69) is 9.97 Å². The van der Waals surface area contributed by atoms with Crippen molar-refractivity contribution in [3.05, 3.63) is 41.8 Å². The summed E-state index contributed by atoms with van der Waals surface area (Å²) >= 11 is 0. The number of fused-ring (bicyclic) bond motifs is 1. The third kappa shape index (κ3) is 1.69. The molecule has 0 amide bonds. The van der Waals surface area contributed by atoms with Gasteiger partial charge in [-0.25, -0.2) is 14.4 Å². The van der Waals surface area contributed by atoms with Crippen molar-refractivity contribution in [2.45, 2.75) is 6.92 Å². The van der Waals surface area contributed by atoms with Crippen LogP contribution >= 0.6 is 0 Å². The van der Waals surface area contributed by atoms with E-state index < -0.39 is 0 Å². The summed E-state index contributed by atoms with van der Waals surface area (Å²) in [5, 5.41) is 0. The Morgan fingerprint density at radius 2 is 2.11 bits per heavy atom. The predicted molar refractivity (Wildman–Crippen MR) is 66.3 cm³/mol. The number of nitrogens with two attached hydrogens (primary N) is 1. The highest BCUT2D eigenvalue weighted by Crippen LogP contribution is 2.28. The third-order valence-electron chi connectivity index (χ3n) is 2.64. The lowest BCUT2D eigenvalue weighted by molar-refractivity contribution is 0.614. The van der Waals surface area contributed by atoms with Crippen LogP contribution in [0.2, 0.25) is 0 Å². The summed E-state index contributed by atoms with van der Waals surface area (Å²) in [6.07, 6.45) is 1.67. The Bertz CT molecular complexity index is 736. The van der Waals surface area contributed by atoms with Gasteiger partial charge in [0.25, 0.3) is 0 Å². The van der Waals surface area contributed by atoms with Crippen LogP contribution in [0.4, 0.5) is 10.2 Å². The van der Waals surface area contributed by atoms with E-state index >= 15 is 0 Å². The minimum absolute atomic E-state index is 0.340. The summed E-state index contributed by atoms with van der Waals surface area (Å²) in [7, 11) is 0. The molecule has 0 atom stereocenters. The fraction of sp³-hybridized carbons (Fsp3) is 0.0769. The first-order valence-corrected chi connectivity index (χ1v) is 5.42. The first kappa shape index (κ1) is 10.7. The minimum Gasteiger partial charge on any atom is -0.436 e. The molecule has 0 saturated heterocycles. The van der Waals surface area contributed by atoms with Gasteiger partial charge in [0, 0.05) is 12.3 Å². The van der Waals surface area contributed by atoms with E-state index in [4.69, 9.17) is 10.2 Å². The molecule has 5 heteroatoms. The second-order valence-electron chi connectivity index (χ2n) is 4.08. The molecule has 0 unspecified atom stereocenters. The average molecular weight is 243 g/mol. The summed E-state index contributed by atoms with van der Waals surface area (Å²) < 4.78 is 18.6. The first-order valence-electron chi connectivity index (χ1n) is 5.42. The Morgan fingerprint density at radius 3 is 2.94 bits per heavy atom. The Morgan fingerprint density at radius 1 is 1.28 bits per heavy atom. The molecule has 0 radical (unpaired) electrons. The van der Waals surface area contributed by atoms with E-state index in [1.807, 2.05) is 13.0 Å². The zero-order valence-corrected chi connectivity index (χ0v) is 9.64. The van der Waals surface area contributed by atoms with Crippen LogP contribution in [-0.4, -0.2) is 9.97 Å². The Balaban J connectivity index is 2.22.